The molecule has 1 aliphatic rings. The highest BCUT2D eigenvalue weighted by Crippen LogP contribution is 2.55. The minimum absolute atomic E-state index is 0.129. The van der Waals surface area contributed by atoms with Crippen LogP contribution in [0.3, 0.4) is 0 Å². The topological polar surface area (TPSA) is 57.4 Å². The molecule has 6 aromatic carbocycles. The standard InChI is InChI=1S/C44H32N4/c45-27-29-17-21-31(22-18-29)37-25-43(47-39-13-5-1-9-33(39)34-10-2-6-14-40(34)47)44(26-38(37)32-23-19-30(28-46)20-24-32)48-41-15-7-3-11-35(41)36-12-4-8-16-42(36)48/h1-24,37-38,43-44H,25-26H2. The zero-order chi connectivity index (χ0) is 32.2. The van der Waals surface area contributed by atoms with Crippen molar-refractivity contribution in [1.82, 2.24) is 9.13 Å². The molecule has 0 radical (unpaired) electrons. The van der Waals surface area contributed by atoms with E-state index in [9.17, 15) is 10.5 Å². The van der Waals surface area contributed by atoms with E-state index in [0.717, 1.165) is 12.8 Å². The number of nitriles is 2. The lowest BCUT2D eigenvalue weighted by Gasteiger charge is -2.44. The van der Waals surface area contributed by atoms with E-state index in [-0.39, 0.29) is 23.9 Å². The lowest BCUT2D eigenvalue weighted by atomic mass is 9.68. The molecule has 0 bridgehead atoms. The van der Waals surface area contributed by atoms with Crippen molar-refractivity contribution in [3.63, 3.8) is 0 Å². The van der Waals surface area contributed by atoms with Crippen LogP contribution < -0.4 is 0 Å². The highest BCUT2D eigenvalue weighted by atomic mass is 15.1. The molecule has 0 N–H and O–H groups in total. The molecule has 2 heterocycles. The maximum absolute atomic E-state index is 9.62. The molecule has 4 unspecified atom stereocenters. The molecular formula is C44H32N4. The Bertz CT molecular complexity index is 2270. The van der Waals surface area contributed by atoms with E-state index in [0.29, 0.717) is 11.1 Å². The van der Waals surface area contributed by atoms with Crippen molar-refractivity contribution in [2.45, 2.75) is 36.8 Å². The van der Waals surface area contributed by atoms with E-state index in [1.165, 1.54) is 54.7 Å². The largest absolute Gasteiger partial charge is 0.335 e. The molecule has 4 atom stereocenters. The molecule has 0 amide bonds. The third kappa shape index (κ3) is 4.34. The molecule has 0 aliphatic heterocycles. The van der Waals surface area contributed by atoms with E-state index in [1.54, 1.807) is 0 Å². The van der Waals surface area contributed by atoms with E-state index in [4.69, 9.17) is 0 Å². The number of nitrogens with zero attached hydrogens (tertiary/aromatic N) is 4. The number of aromatic nitrogens is 2. The maximum Gasteiger partial charge on any atom is 0.0991 e. The molecule has 0 spiro atoms. The molecule has 0 saturated heterocycles. The fourth-order valence-electron chi connectivity index (χ4n) is 8.68. The summed E-state index contributed by atoms with van der Waals surface area (Å²) in [5.41, 5.74) is 8.85. The summed E-state index contributed by atoms with van der Waals surface area (Å²) in [6.07, 6.45) is 1.81. The van der Waals surface area contributed by atoms with E-state index >= 15 is 0 Å². The monoisotopic (exact) mass is 616 g/mol. The lowest BCUT2D eigenvalue weighted by Crippen LogP contribution is -2.33. The highest BCUT2D eigenvalue weighted by Gasteiger charge is 2.42. The Hall–Kier alpha value is -6.10. The zero-order valence-corrected chi connectivity index (χ0v) is 26.4. The number of para-hydroxylation sites is 4. The number of hydrogen-bond acceptors (Lipinski definition) is 2. The molecule has 1 fully saturated rings. The second-order valence-corrected chi connectivity index (χ2v) is 13.1. The normalized spacial score (nSPS) is 19.5. The van der Waals surface area contributed by atoms with Crippen molar-refractivity contribution in [2.24, 2.45) is 0 Å². The van der Waals surface area contributed by atoms with Crippen LogP contribution in [-0.2, 0) is 0 Å². The minimum atomic E-state index is 0.129. The first-order valence-corrected chi connectivity index (χ1v) is 16.7. The van der Waals surface area contributed by atoms with Crippen LogP contribution in [0.1, 0.15) is 59.0 Å². The van der Waals surface area contributed by atoms with Gasteiger partial charge in [0.25, 0.3) is 0 Å². The van der Waals surface area contributed by atoms with Gasteiger partial charge >= 0.3 is 0 Å². The fraction of sp³-hybridized carbons (Fsp3) is 0.136. The van der Waals surface area contributed by atoms with Crippen molar-refractivity contribution in [2.75, 3.05) is 0 Å². The van der Waals surface area contributed by atoms with Crippen molar-refractivity contribution in [3.8, 4) is 12.1 Å². The SMILES string of the molecule is N#Cc1ccc(C2CC(n3c4ccccc4c4ccccc43)C(n3c4ccccc4c4ccccc43)CC2c2ccc(C#N)cc2)cc1. The predicted octanol–water partition coefficient (Wildman–Crippen LogP) is 10.8. The van der Waals surface area contributed by atoms with Gasteiger partial charge in [-0.3, -0.25) is 0 Å². The van der Waals surface area contributed by atoms with Crippen molar-refractivity contribution >= 4 is 43.6 Å². The summed E-state index contributed by atoms with van der Waals surface area (Å²) >= 11 is 0. The average molecular weight is 617 g/mol. The fourth-order valence-corrected chi connectivity index (χ4v) is 8.68. The predicted molar refractivity (Wildman–Crippen MR) is 194 cm³/mol. The minimum Gasteiger partial charge on any atom is -0.335 e. The second-order valence-electron chi connectivity index (χ2n) is 13.1. The smallest absolute Gasteiger partial charge is 0.0991 e. The Morgan fingerprint density at radius 2 is 0.688 bits per heavy atom. The van der Waals surface area contributed by atoms with E-state index < -0.39 is 0 Å². The van der Waals surface area contributed by atoms with Crippen molar-refractivity contribution in [3.05, 3.63) is 168 Å². The molecule has 1 saturated carbocycles. The quantitative estimate of drug-likeness (QED) is 0.197. The molecule has 8 aromatic rings. The third-order valence-electron chi connectivity index (χ3n) is 10.8. The summed E-state index contributed by atoms with van der Waals surface area (Å²) in [4.78, 5) is 0. The Morgan fingerprint density at radius 3 is 0.979 bits per heavy atom. The summed E-state index contributed by atoms with van der Waals surface area (Å²) in [6.45, 7) is 0. The van der Waals surface area contributed by atoms with Gasteiger partial charge in [-0.1, -0.05) is 97.1 Å². The molecule has 2 aromatic heterocycles. The second kappa shape index (κ2) is 11.3. The van der Waals surface area contributed by atoms with Gasteiger partial charge in [0, 0.05) is 43.6 Å². The first-order valence-electron chi connectivity index (χ1n) is 16.7. The first-order chi connectivity index (χ1) is 23.7. The number of rotatable bonds is 4. The van der Waals surface area contributed by atoms with Gasteiger partial charge in [-0.15, -0.1) is 0 Å². The van der Waals surface area contributed by atoms with Crippen LogP contribution in [0, 0.1) is 22.7 Å². The summed E-state index contributed by atoms with van der Waals surface area (Å²) in [6, 6.07) is 56.7. The van der Waals surface area contributed by atoms with Gasteiger partial charge in [-0.05, 0) is 84.3 Å². The van der Waals surface area contributed by atoms with Gasteiger partial charge in [0.2, 0.25) is 0 Å². The van der Waals surface area contributed by atoms with Gasteiger partial charge in [0.05, 0.1) is 35.3 Å². The van der Waals surface area contributed by atoms with Crippen LogP contribution in [-0.4, -0.2) is 9.13 Å². The summed E-state index contributed by atoms with van der Waals surface area (Å²) in [5.74, 6) is 0.389. The molecule has 4 heteroatoms. The maximum atomic E-state index is 9.62. The summed E-state index contributed by atoms with van der Waals surface area (Å²) < 4.78 is 5.26. The molecule has 48 heavy (non-hydrogen) atoms. The van der Waals surface area contributed by atoms with E-state index in [1.807, 2.05) is 24.3 Å². The summed E-state index contributed by atoms with van der Waals surface area (Å²) in [5, 5.41) is 24.3. The van der Waals surface area contributed by atoms with Gasteiger partial charge in [-0.2, -0.15) is 10.5 Å². The van der Waals surface area contributed by atoms with Crippen LogP contribution in [0.15, 0.2) is 146 Å². The van der Waals surface area contributed by atoms with Crippen molar-refractivity contribution in [1.29, 1.82) is 10.5 Å². The van der Waals surface area contributed by atoms with Crippen LogP contribution in [0.2, 0.25) is 0 Å². The Labute approximate surface area is 279 Å². The number of fused-ring (bicyclic) bond motifs is 6. The third-order valence-corrected chi connectivity index (χ3v) is 10.8. The number of hydrogen-bond donors (Lipinski definition) is 0. The molecule has 228 valence electrons. The average Bonchev–Trinajstić information content (AvgIpc) is 3.67. The van der Waals surface area contributed by atoms with Gasteiger partial charge < -0.3 is 9.13 Å². The van der Waals surface area contributed by atoms with Gasteiger partial charge in [-0.25, -0.2) is 0 Å². The first kappa shape index (κ1) is 28.1. The van der Waals surface area contributed by atoms with E-state index in [2.05, 4.69) is 143 Å². The Morgan fingerprint density at radius 1 is 0.396 bits per heavy atom. The van der Waals surface area contributed by atoms with Crippen LogP contribution >= 0.6 is 0 Å². The van der Waals surface area contributed by atoms with Crippen molar-refractivity contribution < 1.29 is 0 Å². The highest BCUT2D eigenvalue weighted by molar-refractivity contribution is 6.09. The number of benzene rings is 6. The summed E-state index contributed by atoms with van der Waals surface area (Å²) in [7, 11) is 0. The Kier molecular flexibility index (Phi) is 6.63. The van der Waals surface area contributed by atoms with Crippen LogP contribution in [0.4, 0.5) is 0 Å². The van der Waals surface area contributed by atoms with Crippen LogP contribution in [0.25, 0.3) is 43.6 Å². The zero-order valence-electron chi connectivity index (χ0n) is 26.4. The lowest BCUT2D eigenvalue weighted by molar-refractivity contribution is 0.211. The molecule has 9 rings (SSSR count). The Balaban J connectivity index is 1.33. The van der Waals surface area contributed by atoms with Gasteiger partial charge in [0.15, 0.2) is 0 Å². The molecule has 4 nitrogen and oxygen atoms in total. The van der Waals surface area contributed by atoms with Gasteiger partial charge in [0.1, 0.15) is 0 Å². The molecule has 1 aliphatic carbocycles. The molecular weight excluding hydrogens is 585 g/mol. The van der Waals surface area contributed by atoms with Crippen LogP contribution in [0.5, 0.6) is 0 Å².